The Kier molecular flexibility index (Phi) is 5.31. The molecule has 1 aliphatic rings. The Bertz CT molecular complexity index is 374. The second-order valence-electron chi connectivity index (χ2n) is 4.99. The topological polar surface area (TPSA) is 38.5 Å². The summed E-state index contributed by atoms with van der Waals surface area (Å²) in [6.07, 6.45) is 2.48. The zero-order valence-corrected chi connectivity index (χ0v) is 11.5. The first kappa shape index (κ1) is 14.4. The molecular weight excluding hydrogens is 243 g/mol. The van der Waals surface area contributed by atoms with Crippen LogP contribution in [0.4, 0.5) is 4.39 Å². The summed E-state index contributed by atoms with van der Waals surface area (Å²) in [6, 6.07) is 6.86. The van der Waals surface area contributed by atoms with Gasteiger partial charge in [-0.2, -0.15) is 0 Å². The summed E-state index contributed by atoms with van der Waals surface area (Å²) in [6.45, 7) is 5.36. The van der Waals surface area contributed by atoms with Gasteiger partial charge in [0.2, 0.25) is 0 Å². The molecule has 0 aliphatic carbocycles. The van der Waals surface area contributed by atoms with E-state index in [2.05, 4.69) is 4.90 Å². The number of hydrogen-bond donors (Lipinski definition) is 1. The lowest BCUT2D eigenvalue weighted by Crippen LogP contribution is -2.41. The number of hydrogen-bond acceptors (Lipinski definition) is 3. The lowest BCUT2D eigenvalue weighted by atomic mass is 10.0. The second kappa shape index (κ2) is 6.98. The van der Waals surface area contributed by atoms with Gasteiger partial charge in [-0.3, -0.25) is 4.90 Å². The van der Waals surface area contributed by atoms with Crippen LogP contribution in [0.25, 0.3) is 0 Å². The van der Waals surface area contributed by atoms with Crippen LogP contribution in [0.2, 0.25) is 0 Å². The summed E-state index contributed by atoms with van der Waals surface area (Å²) in [5, 5.41) is 0. The number of piperidine rings is 1. The average molecular weight is 266 g/mol. The summed E-state index contributed by atoms with van der Waals surface area (Å²) in [5.74, 6) is -0.199. The minimum Gasteiger partial charge on any atom is -0.378 e. The maximum absolute atomic E-state index is 13.0. The van der Waals surface area contributed by atoms with E-state index >= 15 is 0 Å². The lowest BCUT2D eigenvalue weighted by molar-refractivity contribution is 0.00451. The van der Waals surface area contributed by atoms with E-state index in [0.29, 0.717) is 12.6 Å². The highest BCUT2D eigenvalue weighted by atomic mass is 19.1. The Hall–Kier alpha value is -0.970. The summed E-state index contributed by atoms with van der Waals surface area (Å²) in [5.41, 5.74) is 7.00. The van der Waals surface area contributed by atoms with Crippen molar-refractivity contribution in [2.45, 2.75) is 31.9 Å². The highest BCUT2D eigenvalue weighted by molar-refractivity contribution is 5.20. The normalized spacial score (nSPS) is 19.5. The standard InChI is InChI=1S/C15H23FN2O/c1-2-19-14-7-9-18(10-8-14)15(11-17)12-3-5-13(16)6-4-12/h3-6,14-15H,2,7-11,17H2,1H3. The van der Waals surface area contributed by atoms with Crippen LogP contribution in [0.5, 0.6) is 0 Å². The predicted octanol–water partition coefficient (Wildman–Crippen LogP) is 2.33. The Morgan fingerprint density at radius 1 is 1.32 bits per heavy atom. The minimum atomic E-state index is -0.199. The monoisotopic (exact) mass is 266 g/mol. The number of ether oxygens (including phenoxy) is 1. The van der Waals surface area contributed by atoms with Crippen molar-refractivity contribution in [1.29, 1.82) is 0 Å². The zero-order valence-electron chi connectivity index (χ0n) is 11.5. The van der Waals surface area contributed by atoms with Crippen LogP contribution in [0.15, 0.2) is 24.3 Å². The molecule has 1 heterocycles. The van der Waals surface area contributed by atoms with E-state index in [9.17, 15) is 4.39 Å². The first-order chi connectivity index (χ1) is 9.24. The zero-order chi connectivity index (χ0) is 13.7. The van der Waals surface area contributed by atoms with E-state index < -0.39 is 0 Å². The number of likely N-dealkylation sites (tertiary alicyclic amines) is 1. The van der Waals surface area contributed by atoms with Crippen LogP contribution in [0.3, 0.4) is 0 Å². The SMILES string of the molecule is CCOC1CCN(C(CN)c2ccc(F)cc2)CC1. The fourth-order valence-electron chi connectivity index (χ4n) is 2.77. The molecule has 2 rings (SSSR count). The molecule has 1 aromatic rings. The van der Waals surface area contributed by atoms with Crippen molar-refractivity contribution in [2.24, 2.45) is 5.73 Å². The van der Waals surface area contributed by atoms with Crippen LogP contribution < -0.4 is 5.73 Å². The molecular formula is C15H23FN2O. The largest absolute Gasteiger partial charge is 0.378 e. The van der Waals surface area contributed by atoms with Crippen LogP contribution in [0.1, 0.15) is 31.4 Å². The van der Waals surface area contributed by atoms with Crippen LogP contribution >= 0.6 is 0 Å². The molecule has 0 radical (unpaired) electrons. The van der Waals surface area contributed by atoms with Crippen LogP contribution in [-0.4, -0.2) is 37.2 Å². The van der Waals surface area contributed by atoms with Gasteiger partial charge in [0.05, 0.1) is 6.10 Å². The van der Waals surface area contributed by atoms with E-state index in [4.69, 9.17) is 10.5 Å². The van der Waals surface area contributed by atoms with Gasteiger partial charge in [-0.15, -0.1) is 0 Å². The summed E-state index contributed by atoms with van der Waals surface area (Å²) >= 11 is 0. The number of halogens is 1. The van der Waals surface area contributed by atoms with Gasteiger partial charge in [-0.1, -0.05) is 12.1 Å². The molecule has 3 nitrogen and oxygen atoms in total. The Morgan fingerprint density at radius 3 is 2.47 bits per heavy atom. The van der Waals surface area contributed by atoms with E-state index in [1.807, 2.05) is 19.1 Å². The average Bonchev–Trinajstić information content (AvgIpc) is 2.44. The van der Waals surface area contributed by atoms with E-state index in [1.54, 1.807) is 0 Å². The van der Waals surface area contributed by atoms with Gasteiger partial charge in [0, 0.05) is 32.3 Å². The second-order valence-corrected chi connectivity index (χ2v) is 4.99. The van der Waals surface area contributed by atoms with Gasteiger partial charge in [0.25, 0.3) is 0 Å². The predicted molar refractivity (Wildman–Crippen MR) is 74.4 cm³/mol. The highest BCUT2D eigenvalue weighted by Crippen LogP contribution is 2.25. The maximum Gasteiger partial charge on any atom is 0.123 e. The third kappa shape index (κ3) is 3.75. The molecule has 1 unspecified atom stereocenters. The van der Waals surface area contributed by atoms with Gasteiger partial charge in [0.15, 0.2) is 0 Å². The number of benzene rings is 1. The molecule has 106 valence electrons. The molecule has 0 aromatic heterocycles. The molecule has 0 amide bonds. The summed E-state index contributed by atoms with van der Waals surface area (Å²) < 4.78 is 18.6. The fourth-order valence-corrected chi connectivity index (χ4v) is 2.77. The van der Waals surface area contributed by atoms with Crippen LogP contribution in [0, 0.1) is 5.82 Å². The van der Waals surface area contributed by atoms with Gasteiger partial charge >= 0.3 is 0 Å². The molecule has 1 atom stereocenters. The Morgan fingerprint density at radius 2 is 1.95 bits per heavy atom. The first-order valence-corrected chi connectivity index (χ1v) is 7.05. The quantitative estimate of drug-likeness (QED) is 0.889. The smallest absolute Gasteiger partial charge is 0.123 e. The molecule has 0 spiro atoms. The van der Waals surface area contributed by atoms with Gasteiger partial charge < -0.3 is 10.5 Å². The first-order valence-electron chi connectivity index (χ1n) is 7.05. The Labute approximate surface area is 114 Å². The maximum atomic E-state index is 13.0. The van der Waals surface area contributed by atoms with Gasteiger partial charge in [-0.05, 0) is 37.5 Å². The number of rotatable bonds is 5. The molecule has 1 saturated heterocycles. The van der Waals surface area contributed by atoms with Crippen molar-refractivity contribution < 1.29 is 9.13 Å². The van der Waals surface area contributed by atoms with Crippen molar-refractivity contribution in [3.8, 4) is 0 Å². The molecule has 4 heteroatoms. The van der Waals surface area contributed by atoms with Crippen molar-refractivity contribution >= 4 is 0 Å². The lowest BCUT2D eigenvalue weighted by Gasteiger charge is -2.37. The minimum absolute atomic E-state index is 0.183. The molecule has 2 N–H and O–H groups in total. The molecule has 0 bridgehead atoms. The molecule has 0 saturated carbocycles. The highest BCUT2D eigenvalue weighted by Gasteiger charge is 2.25. The molecule has 1 fully saturated rings. The summed E-state index contributed by atoms with van der Waals surface area (Å²) in [7, 11) is 0. The fraction of sp³-hybridized carbons (Fsp3) is 0.600. The van der Waals surface area contributed by atoms with Crippen molar-refractivity contribution in [3.63, 3.8) is 0 Å². The van der Waals surface area contributed by atoms with Crippen molar-refractivity contribution in [3.05, 3.63) is 35.6 Å². The van der Waals surface area contributed by atoms with E-state index in [1.165, 1.54) is 12.1 Å². The number of nitrogens with zero attached hydrogens (tertiary/aromatic N) is 1. The van der Waals surface area contributed by atoms with Crippen LogP contribution in [-0.2, 0) is 4.74 Å². The third-order valence-electron chi connectivity index (χ3n) is 3.80. The summed E-state index contributed by atoms with van der Waals surface area (Å²) in [4.78, 5) is 2.38. The number of nitrogens with two attached hydrogens (primary N) is 1. The third-order valence-corrected chi connectivity index (χ3v) is 3.80. The molecule has 1 aromatic carbocycles. The van der Waals surface area contributed by atoms with Gasteiger partial charge in [-0.25, -0.2) is 4.39 Å². The molecule has 19 heavy (non-hydrogen) atoms. The Balaban J connectivity index is 1.97. The van der Waals surface area contributed by atoms with Crippen molar-refractivity contribution in [1.82, 2.24) is 4.90 Å². The van der Waals surface area contributed by atoms with E-state index in [0.717, 1.165) is 38.1 Å². The van der Waals surface area contributed by atoms with E-state index in [-0.39, 0.29) is 11.9 Å². The molecule has 1 aliphatic heterocycles. The van der Waals surface area contributed by atoms with Gasteiger partial charge in [0.1, 0.15) is 5.82 Å². The van der Waals surface area contributed by atoms with Crippen molar-refractivity contribution in [2.75, 3.05) is 26.2 Å².